The van der Waals surface area contributed by atoms with Crippen LogP contribution in [0.3, 0.4) is 0 Å². The third kappa shape index (κ3) is 4.36. The number of nitrogens with zero attached hydrogens (tertiary/aromatic N) is 1. The van der Waals surface area contributed by atoms with E-state index in [1.165, 1.54) is 0 Å². The van der Waals surface area contributed by atoms with Gasteiger partial charge in [-0.15, -0.1) is 13.2 Å². The van der Waals surface area contributed by atoms with Gasteiger partial charge in [-0.2, -0.15) is 4.39 Å². The monoisotopic (exact) mass is 396 g/mol. The smallest absolute Gasteiger partial charge is 0.404 e. The molecule has 0 aliphatic carbocycles. The normalized spacial score (nSPS) is 11.2. The Balaban J connectivity index is 2.43. The van der Waals surface area contributed by atoms with E-state index in [1.807, 2.05) is 0 Å². The molecule has 2 rings (SSSR count). The van der Waals surface area contributed by atoms with Crippen molar-refractivity contribution in [2.45, 2.75) is 6.36 Å². The number of amides is 1. The third-order valence-electron chi connectivity index (χ3n) is 2.91. The highest BCUT2D eigenvalue weighted by atomic mass is 35.5. The molecule has 0 radical (unpaired) electrons. The minimum absolute atomic E-state index is 0.171. The fourth-order valence-electron chi connectivity index (χ4n) is 1.88. The van der Waals surface area contributed by atoms with E-state index < -0.39 is 51.5 Å². The zero-order valence-corrected chi connectivity index (χ0v) is 13.0. The Kier molecular flexibility index (Phi) is 5.30. The van der Waals surface area contributed by atoms with Crippen LogP contribution in [-0.2, 0) is 0 Å². The van der Waals surface area contributed by atoms with Crippen LogP contribution in [0.5, 0.6) is 5.75 Å². The molecule has 138 valence electrons. The number of anilines is 1. The second kappa shape index (κ2) is 7.12. The minimum atomic E-state index is -5.13. The summed E-state index contributed by atoms with van der Waals surface area (Å²) in [7, 11) is 0. The van der Waals surface area contributed by atoms with Gasteiger partial charge >= 0.3 is 12.0 Å². The number of carbonyl (C=O) groups excluding carboxylic acids is 1. The molecule has 0 aliphatic rings. The molecule has 0 saturated heterocycles. The van der Waals surface area contributed by atoms with Crippen LogP contribution in [0.1, 0.15) is 10.4 Å². The summed E-state index contributed by atoms with van der Waals surface area (Å²) in [6.45, 7) is 0. The standard InChI is InChI=1S/C14H6ClF5N2O4/c15-6-1-3-8(10(5-6)26-14(18,19)20)21-13(23)11-7(16)2-4-9(12(11)17)22(24)25/h1-5H,(H,21,23). The quantitative estimate of drug-likeness (QED) is 0.462. The Morgan fingerprint density at radius 3 is 2.42 bits per heavy atom. The predicted octanol–water partition coefficient (Wildman–Crippen LogP) is 4.68. The number of benzene rings is 2. The Morgan fingerprint density at radius 1 is 1.19 bits per heavy atom. The van der Waals surface area contributed by atoms with E-state index in [2.05, 4.69) is 4.74 Å². The van der Waals surface area contributed by atoms with Gasteiger partial charge in [0.05, 0.1) is 10.6 Å². The summed E-state index contributed by atoms with van der Waals surface area (Å²) in [5.41, 5.74) is -3.13. The maximum Gasteiger partial charge on any atom is 0.573 e. The van der Waals surface area contributed by atoms with Gasteiger partial charge in [0.2, 0.25) is 5.82 Å². The minimum Gasteiger partial charge on any atom is -0.404 e. The number of nitro benzene ring substituents is 1. The van der Waals surface area contributed by atoms with Gasteiger partial charge in [-0.3, -0.25) is 14.9 Å². The van der Waals surface area contributed by atoms with Crippen LogP contribution in [0.4, 0.5) is 33.3 Å². The molecular weight excluding hydrogens is 391 g/mol. The number of nitro groups is 1. The van der Waals surface area contributed by atoms with E-state index >= 15 is 0 Å². The average molecular weight is 397 g/mol. The molecule has 12 heteroatoms. The van der Waals surface area contributed by atoms with Crippen molar-refractivity contribution in [3.05, 3.63) is 62.7 Å². The fourth-order valence-corrected chi connectivity index (χ4v) is 2.05. The maximum absolute atomic E-state index is 14.0. The molecule has 0 aromatic heterocycles. The molecule has 1 amide bonds. The fraction of sp³-hybridized carbons (Fsp3) is 0.0714. The summed E-state index contributed by atoms with van der Waals surface area (Å²) in [6, 6.07) is 3.67. The Morgan fingerprint density at radius 2 is 1.85 bits per heavy atom. The molecule has 0 unspecified atom stereocenters. The second-order valence-electron chi connectivity index (χ2n) is 4.66. The van der Waals surface area contributed by atoms with Crippen LogP contribution in [0.2, 0.25) is 5.02 Å². The summed E-state index contributed by atoms with van der Waals surface area (Å²) in [5.74, 6) is -5.72. The van der Waals surface area contributed by atoms with E-state index in [-0.39, 0.29) is 5.02 Å². The van der Waals surface area contributed by atoms with Crippen LogP contribution in [0.15, 0.2) is 30.3 Å². The van der Waals surface area contributed by atoms with Crippen LogP contribution in [-0.4, -0.2) is 17.2 Å². The first kappa shape index (κ1) is 19.4. The summed E-state index contributed by atoms with van der Waals surface area (Å²) in [4.78, 5) is 21.5. The third-order valence-corrected chi connectivity index (χ3v) is 3.15. The Bertz CT molecular complexity index is 888. The van der Waals surface area contributed by atoms with Gasteiger partial charge in [0.25, 0.3) is 5.91 Å². The number of hydrogen-bond acceptors (Lipinski definition) is 4. The lowest BCUT2D eigenvalue weighted by Crippen LogP contribution is -2.21. The zero-order chi connectivity index (χ0) is 19.6. The van der Waals surface area contributed by atoms with Crippen molar-refractivity contribution in [3.63, 3.8) is 0 Å². The van der Waals surface area contributed by atoms with E-state index in [0.29, 0.717) is 18.2 Å². The van der Waals surface area contributed by atoms with Crippen LogP contribution in [0, 0.1) is 21.7 Å². The summed E-state index contributed by atoms with van der Waals surface area (Å²) < 4.78 is 68.6. The molecule has 0 bridgehead atoms. The molecule has 0 saturated carbocycles. The lowest BCUT2D eigenvalue weighted by atomic mass is 10.1. The molecule has 0 spiro atoms. The van der Waals surface area contributed by atoms with Gasteiger partial charge in [0.15, 0.2) is 5.75 Å². The van der Waals surface area contributed by atoms with Crippen molar-refractivity contribution in [1.82, 2.24) is 0 Å². The summed E-state index contributed by atoms with van der Waals surface area (Å²) in [6.07, 6.45) is -5.13. The average Bonchev–Trinajstić information content (AvgIpc) is 2.48. The van der Waals surface area contributed by atoms with E-state index in [4.69, 9.17) is 11.6 Å². The van der Waals surface area contributed by atoms with Gasteiger partial charge < -0.3 is 10.1 Å². The topological polar surface area (TPSA) is 81.5 Å². The lowest BCUT2D eigenvalue weighted by Gasteiger charge is -2.14. The molecule has 26 heavy (non-hydrogen) atoms. The number of nitrogens with one attached hydrogen (secondary N) is 1. The number of halogens is 6. The van der Waals surface area contributed by atoms with Crippen molar-refractivity contribution >= 4 is 28.9 Å². The Hall–Kier alpha value is -2.95. The number of alkyl halides is 3. The van der Waals surface area contributed by atoms with Crippen LogP contribution < -0.4 is 10.1 Å². The van der Waals surface area contributed by atoms with Crippen LogP contribution in [0.25, 0.3) is 0 Å². The Labute approximate surface area is 146 Å². The van der Waals surface area contributed by atoms with Gasteiger partial charge in [-0.25, -0.2) is 4.39 Å². The van der Waals surface area contributed by atoms with Crippen molar-refractivity contribution in [1.29, 1.82) is 0 Å². The maximum atomic E-state index is 14.0. The summed E-state index contributed by atoms with van der Waals surface area (Å²) in [5, 5.41) is 12.3. The molecule has 2 aromatic carbocycles. The predicted molar refractivity (Wildman–Crippen MR) is 79.1 cm³/mol. The number of rotatable bonds is 4. The lowest BCUT2D eigenvalue weighted by molar-refractivity contribution is -0.387. The van der Waals surface area contributed by atoms with Gasteiger partial charge in [0, 0.05) is 17.2 Å². The molecule has 0 fully saturated rings. The van der Waals surface area contributed by atoms with E-state index in [9.17, 15) is 36.9 Å². The van der Waals surface area contributed by atoms with Crippen molar-refractivity contribution in [2.75, 3.05) is 5.32 Å². The van der Waals surface area contributed by atoms with Gasteiger partial charge in [-0.1, -0.05) is 11.6 Å². The molecule has 2 aromatic rings. The van der Waals surface area contributed by atoms with Crippen molar-refractivity contribution < 1.29 is 36.4 Å². The van der Waals surface area contributed by atoms with E-state index in [1.54, 1.807) is 5.32 Å². The van der Waals surface area contributed by atoms with Gasteiger partial charge in [0.1, 0.15) is 11.4 Å². The number of hydrogen-bond donors (Lipinski definition) is 1. The zero-order valence-electron chi connectivity index (χ0n) is 12.2. The first-order valence-corrected chi connectivity index (χ1v) is 6.86. The van der Waals surface area contributed by atoms with Crippen LogP contribution >= 0.6 is 11.6 Å². The second-order valence-corrected chi connectivity index (χ2v) is 5.09. The highest BCUT2D eigenvalue weighted by Crippen LogP contribution is 2.33. The molecule has 0 aliphatic heterocycles. The SMILES string of the molecule is O=C(Nc1ccc(Cl)cc1OC(F)(F)F)c1c(F)ccc([N+](=O)[O-])c1F. The molecular formula is C14H6ClF5N2O4. The van der Waals surface area contributed by atoms with Crippen molar-refractivity contribution in [2.24, 2.45) is 0 Å². The molecule has 0 heterocycles. The summed E-state index contributed by atoms with van der Waals surface area (Å²) >= 11 is 5.55. The largest absolute Gasteiger partial charge is 0.573 e. The highest BCUT2D eigenvalue weighted by molar-refractivity contribution is 6.30. The number of carbonyl (C=O) groups is 1. The van der Waals surface area contributed by atoms with E-state index in [0.717, 1.165) is 12.1 Å². The molecule has 1 N–H and O–H groups in total. The van der Waals surface area contributed by atoms with Gasteiger partial charge in [-0.05, 0) is 18.2 Å². The molecule has 0 atom stereocenters. The molecule has 6 nitrogen and oxygen atoms in total. The highest BCUT2D eigenvalue weighted by Gasteiger charge is 2.33. The van der Waals surface area contributed by atoms with Crippen molar-refractivity contribution in [3.8, 4) is 5.75 Å². The first-order chi connectivity index (χ1) is 12.0. The number of ether oxygens (including phenoxy) is 1. The first-order valence-electron chi connectivity index (χ1n) is 6.48.